The topological polar surface area (TPSA) is 230 Å². The largest absolute Gasteiger partial charge is 2.00 e. The van der Waals surface area contributed by atoms with Crippen molar-refractivity contribution in [1.29, 1.82) is 0 Å². The first-order valence-electron chi connectivity index (χ1n) is 1.96. The molecular formula is HCaClK2MgNO11PS. The van der Waals surface area contributed by atoms with Gasteiger partial charge in [0.2, 0.25) is 0 Å². The molecule has 1 N–H and O–H groups in total. The van der Waals surface area contributed by atoms with Gasteiger partial charge in [-0.25, -0.2) is 0 Å². The van der Waals surface area contributed by atoms with Crippen LogP contribution < -0.4 is 125 Å². The van der Waals surface area contributed by atoms with E-state index >= 15 is 0 Å². The van der Waals surface area contributed by atoms with E-state index in [2.05, 4.69) is 0 Å². The molecule has 0 unspecified atom stereocenters. The molecule has 0 aromatic carbocycles. The molecule has 0 aliphatic heterocycles. The van der Waals surface area contributed by atoms with E-state index < -0.39 is 23.3 Å². The molecule has 0 aromatic heterocycles. The maximum atomic E-state index is 8.66. The number of rotatable bonds is 0. The van der Waals surface area contributed by atoms with Gasteiger partial charge in [0.15, 0.2) is 0 Å². The standard InChI is InChI=1S/Ca.ClH.2K.Mg.NO3.H3O4P.H2O4S/c;;;;;2-1(3)4;2*1-5(2,3)4/h;1H;;;;;(H3,1,2,3,4);(H2,1,2,3,4)/q+2;;2*+1;+2;-1;;/p-5. The first-order valence-corrected chi connectivity index (χ1v) is 4.79. The van der Waals surface area contributed by atoms with Gasteiger partial charge in [0.05, 0.1) is 12.9 Å². The second-order valence-electron chi connectivity index (χ2n) is 1.10. The number of hydrogen-bond donors (Lipinski definition) is 1. The predicted molar refractivity (Wildman–Crippen MR) is 42.2 cm³/mol. The van der Waals surface area contributed by atoms with Crippen LogP contribution in [0.1, 0.15) is 0 Å². The van der Waals surface area contributed by atoms with Gasteiger partial charge in [0.25, 0.3) is 0 Å². The van der Waals surface area contributed by atoms with Crippen molar-refractivity contribution in [3.8, 4) is 0 Å². The molecule has 0 aliphatic rings. The summed E-state index contributed by atoms with van der Waals surface area (Å²) in [6.45, 7) is 0. The molecule has 0 saturated heterocycles. The zero-order chi connectivity index (χ0) is 12.6. The fraction of sp³-hybridized carbons (Fsp3) is 0. The van der Waals surface area contributed by atoms with Crippen LogP contribution in [0.15, 0.2) is 0 Å². The molecule has 0 amide bonds. The maximum absolute atomic E-state index is 8.66. The molecule has 0 saturated carbocycles. The number of halogens is 1. The summed E-state index contributed by atoms with van der Waals surface area (Å²) in [5.74, 6) is 0. The van der Waals surface area contributed by atoms with E-state index in [-0.39, 0.29) is 176 Å². The van der Waals surface area contributed by atoms with Gasteiger partial charge in [0.1, 0.15) is 0 Å². The van der Waals surface area contributed by atoms with Gasteiger partial charge in [0, 0.05) is 10.4 Å². The third kappa shape index (κ3) is 432. The van der Waals surface area contributed by atoms with Gasteiger partial charge in [-0.1, -0.05) is 0 Å². The predicted octanol–water partition coefficient (Wildman–Crippen LogP) is -13.5. The fourth-order valence-electron chi connectivity index (χ4n) is 0. The molecule has 12 nitrogen and oxygen atoms in total. The quantitative estimate of drug-likeness (QED) is 0.0943. The Morgan fingerprint density at radius 3 is 1.05 bits per heavy atom. The van der Waals surface area contributed by atoms with Crippen LogP contribution in [0.4, 0.5) is 0 Å². The summed E-state index contributed by atoms with van der Waals surface area (Å²) in [6.07, 6.45) is 0. The molecule has 19 heteroatoms. The third-order valence-corrected chi connectivity index (χ3v) is 0. The van der Waals surface area contributed by atoms with Crippen LogP contribution >= 0.6 is 7.82 Å². The van der Waals surface area contributed by atoms with E-state index in [1.54, 1.807) is 0 Å². The van der Waals surface area contributed by atoms with E-state index in [1.807, 2.05) is 0 Å². The molecule has 0 bridgehead atoms. The summed E-state index contributed by atoms with van der Waals surface area (Å²) in [5, 5.41) is 14.8. The van der Waals surface area contributed by atoms with Crippen LogP contribution in [0.5, 0.6) is 0 Å². The van der Waals surface area contributed by atoms with Crippen LogP contribution in [0, 0.1) is 15.3 Å². The second-order valence-corrected chi connectivity index (χ2v) is 2.85. The van der Waals surface area contributed by atoms with Crippen molar-refractivity contribution in [1.82, 2.24) is 0 Å². The van der Waals surface area contributed by atoms with Crippen molar-refractivity contribution in [3.05, 3.63) is 15.3 Å². The van der Waals surface area contributed by atoms with Crippen molar-refractivity contribution in [2.75, 3.05) is 0 Å². The first kappa shape index (κ1) is 49.6. The Hall–Kier alpha value is 4.77. The first-order chi connectivity index (χ1) is 5.73. The van der Waals surface area contributed by atoms with E-state index in [9.17, 15) is 0 Å². The Kier molecular flexibility index (Phi) is 72.0. The smallest absolute Gasteiger partial charge is 1.00 e. The third-order valence-electron chi connectivity index (χ3n) is 0. The Balaban J connectivity index is -0.0000000141. The summed E-state index contributed by atoms with van der Waals surface area (Å²) in [7, 11) is -10.3. The second kappa shape index (κ2) is 27.6. The van der Waals surface area contributed by atoms with Crippen LogP contribution in [0.3, 0.4) is 0 Å². The van der Waals surface area contributed by atoms with Gasteiger partial charge in [-0.3, -0.25) is 8.42 Å². The minimum absolute atomic E-state index is 0. The molecule has 0 spiro atoms. The summed E-state index contributed by atoms with van der Waals surface area (Å²) < 4.78 is 42.7. The van der Waals surface area contributed by atoms with Gasteiger partial charge < -0.3 is 56.1 Å². The average molecular weight is 432 g/mol. The summed E-state index contributed by atoms with van der Waals surface area (Å²) in [6, 6.07) is 0. The summed E-state index contributed by atoms with van der Waals surface area (Å²) in [5.41, 5.74) is 0. The minimum Gasteiger partial charge on any atom is -1.00 e. The van der Waals surface area contributed by atoms with Gasteiger partial charge in [-0.05, 0) is 0 Å². The van der Waals surface area contributed by atoms with Crippen LogP contribution in [0.25, 0.3) is 0 Å². The number of phosphoric acid groups is 1. The van der Waals surface area contributed by atoms with Crippen molar-refractivity contribution < 1.29 is 157 Å². The molecule has 96 valence electrons. The number of nitrogens with zero attached hydrogens (tertiary/aromatic N) is 1. The Bertz CT molecular complexity index is 286. The molecule has 0 aliphatic carbocycles. The van der Waals surface area contributed by atoms with Crippen LogP contribution in [-0.2, 0) is 15.0 Å². The summed E-state index contributed by atoms with van der Waals surface area (Å²) >= 11 is 0. The van der Waals surface area contributed by atoms with Gasteiger partial charge in [-0.2, -0.15) is 0 Å². The van der Waals surface area contributed by atoms with E-state index in [0.29, 0.717) is 0 Å². The molecular weight excluding hydrogens is 431 g/mol. The zero-order valence-electron chi connectivity index (χ0n) is 9.62. The molecule has 0 heterocycles. The zero-order valence-corrected chi connectivity index (χ0v) is 22.0. The van der Waals surface area contributed by atoms with Crippen LogP contribution in [0.2, 0.25) is 0 Å². The minimum atomic E-state index is -5.17. The molecule has 0 rings (SSSR count). The fourth-order valence-corrected chi connectivity index (χ4v) is 0. The van der Waals surface area contributed by atoms with E-state index in [0.717, 1.165) is 0 Å². The van der Waals surface area contributed by atoms with Gasteiger partial charge >= 0.3 is 164 Å². The Morgan fingerprint density at radius 1 is 1.05 bits per heavy atom. The molecule has 19 heavy (non-hydrogen) atoms. The Morgan fingerprint density at radius 2 is 1.05 bits per heavy atom. The van der Waals surface area contributed by atoms with Crippen molar-refractivity contribution in [2.45, 2.75) is 0 Å². The average Bonchev–Trinajstić information content (AvgIpc) is 1.45. The normalized spacial score (nSPS) is 7.42. The Labute approximate surface area is 245 Å². The monoisotopic (exact) mass is 431 g/mol. The summed E-state index contributed by atoms with van der Waals surface area (Å²) in [4.78, 5) is 32.5. The van der Waals surface area contributed by atoms with E-state index in [1.165, 1.54) is 0 Å². The van der Waals surface area contributed by atoms with Crippen molar-refractivity contribution >= 4 is 79.0 Å². The van der Waals surface area contributed by atoms with Crippen LogP contribution in [-0.4, -0.2) is 88.3 Å². The van der Waals surface area contributed by atoms with Crippen molar-refractivity contribution in [3.63, 3.8) is 0 Å². The van der Waals surface area contributed by atoms with Gasteiger partial charge in [-0.15, -0.1) is 0 Å². The SMILES string of the molecule is O=P([O-])([O-])O.O=S(=O)([O-])[O-].O=[N+]([O-])[O-].[Ca+2].[Cl-].[K+].[K+].[Mg+2]. The maximum Gasteiger partial charge on any atom is 2.00 e. The molecule has 0 atom stereocenters. The van der Waals surface area contributed by atoms with E-state index in [4.69, 9.17) is 52.1 Å². The molecule has 0 aromatic rings. The molecule has 0 fully saturated rings. The molecule has 0 radical (unpaired) electrons. The number of hydrogen-bond acceptors (Lipinski definition) is 10. The van der Waals surface area contributed by atoms with Crippen molar-refractivity contribution in [2.24, 2.45) is 0 Å².